The number of hydrogen-bond acceptors (Lipinski definition) is 3. The summed E-state index contributed by atoms with van der Waals surface area (Å²) in [5.74, 6) is -0.209. The summed E-state index contributed by atoms with van der Waals surface area (Å²) < 4.78 is 0. The molecule has 0 spiro atoms. The van der Waals surface area contributed by atoms with E-state index in [-0.39, 0.29) is 5.91 Å². The number of benzene rings is 1. The average molecular weight is 253 g/mol. The van der Waals surface area contributed by atoms with Crippen molar-refractivity contribution in [1.82, 2.24) is 4.98 Å². The molecule has 3 N–H and O–H groups in total. The van der Waals surface area contributed by atoms with E-state index in [0.717, 1.165) is 16.9 Å². The lowest BCUT2D eigenvalue weighted by molar-refractivity contribution is -0.111. The van der Waals surface area contributed by atoms with E-state index in [1.165, 1.54) is 6.08 Å². The Labute approximate surface area is 112 Å². The first-order valence-corrected chi connectivity index (χ1v) is 5.91. The van der Waals surface area contributed by atoms with Gasteiger partial charge < -0.3 is 11.1 Å². The zero-order valence-corrected chi connectivity index (χ0v) is 10.6. The maximum absolute atomic E-state index is 11.8. The molecule has 1 heterocycles. The van der Waals surface area contributed by atoms with Crippen molar-refractivity contribution in [2.75, 3.05) is 11.1 Å². The molecule has 0 bridgehead atoms. The zero-order valence-electron chi connectivity index (χ0n) is 10.6. The lowest BCUT2D eigenvalue weighted by Crippen LogP contribution is -2.09. The average Bonchev–Trinajstić information content (AvgIpc) is 2.42. The Morgan fingerprint density at radius 2 is 2.16 bits per heavy atom. The molecule has 0 saturated carbocycles. The number of rotatable bonds is 3. The Bertz CT molecular complexity index is 606. The highest BCUT2D eigenvalue weighted by Gasteiger charge is 2.02. The van der Waals surface area contributed by atoms with Crippen molar-refractivity contribution in [3.05, 3.63) is 59.9 Å². The van der Waals surface area contributed by atoms with E-state index >= 15 is 0 Å². The van der Waals surface area contributed by atoms with E-state index < -0.39 is 0 Å². The van der Waals surface area contributed by atoms with E-state index in [1.54, 1.807) is 24.4 Å². The van der Waals surface area contributed by atoms with Crippen molar-refractivity contribution in [2.24, 2.45) is 0 Å². The number of hydrogen-bond donors (Lipinski definition) is 2. The van der Waals surface area contributed by atoms with Crippen LogP contribution in [0.5, 0.6) is 0 Å². The van der Waals surface area contributed by atoms with E-state index in [9.17, 15) is 4.79 Å². The van der Waals surface area contributed by atoms with Crippen LogP contribution < -0.4 is 11.1 Å². The fraction of sp³-hybridized carbons (Fsp3) is 0.0667. The molecule has 1 aromatic heterocycles. The number of nitrogens with zero attached hydrogens (tertiary/aromatic N) is 1. The second kappa shape index (κ2) is 5.82. The summed E-state index contributed by atoms with van der Waals surface area (Å²) in [6.07, 6.45) is 4.79. The third-order valence-electron chi connectivity index (χ3n) is 2.61. The fourth-order valence-electron chi connectivity index (χ4n) is 1.58. The normalized spacial score (nSPS) is 10.6. The van der Waals surface area contributed by atoms with Gasteiger partial charge in [-0.25, -0.2) is 0 Å². The van der Waals surface area contributed by atoms with Crippen molar-refractivity contribution < 1.29 is 4.79 Å². The Kier molecular flexibility index (Phi) is 3.93. The van der Waals surface area contributed by atoms with E-state index in [4.69, 9.17) is 5.73 Å². The minimum atomic E-state index is -0.209. The summed E-state index contributed by atoms with van der Waals surface area (Å²) in [7, 11) is 0. The first-order valence-electron chi connectivity index (χ1n) is 5.91. The first kappa shape index (κ1) is 12.8. The molecule has 1 amide bonds. The van der Waals surface area contributed by atoms with Gasteiger partial charge >= 0.3 is 0 Å². The molecule has 0 aliphatic heterocycles. The molecule has 2 aromatic rings. The highest BCUT2D eigenvalue weighted by Crippen LogP contribution is 2.18. The van der Waals surface area contributed by atoms with Gasteiger partial charge in [0.2, 0.25) is 5.91 Å². The predicted molar refractivity (Wildman–Crippen MR) is 77.5 cm³/mol. The van der Waals surface area contributed by atoms with Crippen LogP contribution in [0.4, 0.5) is 11.4 Å². The Hall–Kier alpha value is -2.62. The highest BCUT2D eigenvalue weighted by atomic mass is 16.1. The lowest BCUT2D eigenvalue weighted by atomic mass is 10.2. The standard InChI is InChI=1S/C15H15N3O/c1-11-5-6-12(16)10-14(11)18-15(19)8-7-13-4-2-3-9-17-13/h2-10H,16H2,1H3,(H,18,19)/b8-7-. The summed E-state index contributed by atoms with van der Waals surface area (Å²) >= 11 is 0. The first-order chi connectivity index (χ1) is 9.15. The number of carbonyl (C=O) groups excluding carboxylic acids is 1. The van der Waals surface area contributed by atoms with Crippen LogP contribution in [0.2, 0.25) is 0 Å². The summed E-state index contributed by atoms with van der Waals surface area (Å²) in [6, 6.07) is 10.9. The number of amides is 1. The van der Waals surface area contributed by atoms with Crippen LogP contribution in [0.3, 0.4) is 0 Å². The number of nitrogen functional groups attached to an aromatic ring is 1. The molecular formula is C15H15N3O. The third-order valence-corrected chi connectivity index (χ3v) is 2.61. The van der Waals surface area contributed by atoms with Crippen LogP contribution in [0.15, 0.2) is 48.7 Å². The van der Waals surface area contributed by atoms with Gasteiger partial charge in [0.05, 0.1) is 5.69 Å². The van der Waals surface area contributed by atoms with Crippen molar-refractivity contribution in [1.29, 1.82) is 0 Å². The molecule has 1 aromatic carbocycles. The lowest BCUT2D eigenvalue weighted by Gasteiger charge is -2.07. The van der Waals surface area contributed by atoms with Gasteiger partial charge in [-0.15, -0.1) is 0 Å². The van der Waals surface area contributed by atoms with Crippen LogP contribution in [-0.4, -0.2) is 10.9 Å². The van der Waals surface area contributed by atoms with E-state index in [1.807, 2.05) is 31.2 Å². The van der Waals surface area contributed by atoms with Gasteiger partial charge in [0.15, 0.2) is 0 Å². The molecule has 0 radical (unpaired) electrons. The molecule has 0 atom stereocenters. The van der Waals surface area contributed by atoms with Crippen LogP contribution in [0, 0.1) is 6.92 Å². The quantitative estimate of drug-likeness (QED) is 0.652. The smallest absolute Gasteiger partial charge is 0.248 e. The van der Waals surface area contributed by atoms with Crippen molar-refractivity contribution in [3.63, 3.8) is 0 Å². The molecule has 0 aliphatic rings. The fourth-order valence-corrected chi connectivity index (χ4v) is 1.58. The second-order valence-corrected chi connectivity index (χ2v) is 4.15. The van der Waals surface area contributed by atoms with Gasteiger partial charge in [0.25, 0.3) is 0 Å². The van der Waals surface area contributed by atoms with E-state index in [0.29, 0.717) is 5.69 Å². The molecule has 0 aliphatic carbocycles. The summed E-state index contributed by atoms with van der Waals surface area (Å²) in [6.45, 7) is 1.91. The molecule has 2 rings (SSSR count). The van der Waals surface area contributed by atoms with Gasteiger partial charge in [0, 0.05) is 23.6 Å². The van der Waals surface area contributed by atoms with Gasteiger partial charge in [-0.3, -0.25) is 9.78 Å². The number of carbonyl (C=O) groups is 1. The van der Waals surface area contributed by atoms with Crippen molar-refractivity contribution in [2.45, 2.75) is 6.92 Å². The van der Waals surface area contributed by atoms with Gasteiger partial charge in [-0.05, 0) is 42.8 Å². The maximum atomic E-state index is 11.8. The third kappa shape index (κ3) is 3.67. The van der Waals surface area contributed by atoms with Gasteiger partial charge in [0.1, 0.15) is 0 Å². The number of aryl methyl sites for hydroxylation is 1. The molecule has 19 heavy (non-hydrogen) atoms. The predicted octanol–water partition coefficient (Wildman–Crippen LogP) is 2.62. The van der Waals surface area contributed by atoms with Crippen LogP contribution in [0.25, 0.3) is 6.08 Å². The van der Waals surface area contributed by atoms with Crippen LogP contribution >= 0.6 is 0 Å². The van der Waals surface area contributed by atoms with Crippen molar-refractivity contribution in [3.8, 4) is 0 Å². The molecule has 0 saturated heterocycles. The highest BCUT2D eigenvalue weighted by molar-refractivity contribution is 6.02. The minimum absolute atomic E-state index is 0.209. The minimum Gasteiger partial charge on any atom is -0.399 e. The van der Waals surface area contributed by atoms with E-state index in [2.05, 4.69) is 10.3 Å². The second-order valence-electron chi connectivity index (χ2n) is 4.15. The molecular weight excluding hydrogens is 238 g/mol. The number of nitrogens with one attached hydrogen (secondary N) is 1. The summed E-state index contributed by atoms with van der Waals surface area (Å²) in [4.78, 5) is 15.9. The maximum Gasteiger partial charge on any atom is 0.248 e. The topological polar surface area (TPSA) is 68.0 Å². The van der Waals surface area contributed by atoms with Crippen LogP contribution in [0.1, 0.15) is 11.3 Å². The van der Waals surface area contributed by atoms with Gasteiger partial charge in [-0.2, -0.15) is 0 Å². The zero-order chi connectivity index (χ0) is 13.7. The largest absolute Gasteiger partial charge is 0.399 e. The Morgan fingerprint density at radius 1 is 1.32 bits per heavy atom. The Balaban J connectivity index is 2.06. The van der Waals surface area contributed by atoms with Crippen LogP contribution in [-0.2, 0) is 4.79 Å². The Morgan fingerprint density at radius 3 is 2.89 bits per heavy atom. The molecule has 4 heteroatoms. The number of anilines is 2. The van der Waals surface area contributed by atoms with Crippen molar-refractivity contribution >= 4 is 23.4 Å². The summed E-state index contributed by atoms with van der Waals surface area (Å²) in [5.41, 5.74) is 8.73. The van der Waals surface area contributed by atoms with Gasteiger partial charge in [-0.1, -0.05) is 12.1 Å². The number of pyridine rings is 1. The molecule has 4 nitrogen and oxygen atoms in total. The molecule has 96 valence electrons. The SMILES string of the molecule is Cc1ccc(N)cc1NC(=O)/C=C\c1ccccn1. The molecule has 0 fully saturated rings. The summed E-state index contributed by atoms with van der Waals surface area (Å²) in [5, 5.41) is 2.79. The monoisotopic (exact) mass is 253 g/mol. The number of aromatic nitrogens is 1. The molecule has 0 unspecified atom stereocenters. The number of nitrogens with two attached hydrogens (primary N) is 1.